The molecule has 1 saturated carbocycles. The van der Waals surface area contributed by atoms with Crippen LogP contribution in [0.1, 0.15) is 43.7 Å². The highest BCUT2D eigenvalue weighted by Crippen LogP contribution is 2.38. The minimum Gasteiger partial charge on any atom is -0.457 e. The standard InChI is InChI=1S/C23H30N2O4S/c1-24-23(18-10-9-15-21(16-18)29-20-13-7-4-8-14-20)22(17-28-24)30(26,27)25(2)19-11-5-3-6-12-19/h4,7-10,13-16,19,22-23H,3,5-6,11-12,17H2,1-2H3/t22-,23-/m0/s1. The van der Waals surface area contributed by atoms with Gasteiger partial charge in [-0.1, -0.05) is 49.6 Å². The van der Waals surface area contributed by atoms with E-state index in [9.17, 15) is 8.42 Å². The van der Waals surface area contributed by atoms with Crippen LogP contribution in [-0.4, -0.2) is 49.8 Å². The highest BCUT2D eigenvalue weighted by atomic mass is 32.2. The summed E-state index contributed by atoms with van der Waals surface area (Å²) in [5.41, 5.74) is 0.869. The molecule has 2 fully saturated rings. The summed E-state index contributed by atoms with van der Waals surface area (Å²) in [7, 11) is 0.0145. The molecule has 2 aromatic carbocycles. The summed E-state index contributed by atoms with van der Waals surface area (Å²) in [4.78, 5) is 5.70. The maximum Gasteiger partial charge on any atom is 0.221 e. The van der Waals surface area contributed by atoms with Crippen molar-refractivity contribution in [2.45, 2.75) is 49.4 Å². The van der Waals surface area contributed by atoms with Crippen molar-refractivity contribution >= 4 is 10.0 Å². The molecule has 2 aliphatic rings. The van der Waals surface area contributed by atoms with Crippen molar-refractivity contribution in [2.75, 3.05) is 20.7 Å². The van der Waals surface area contributed by atoms with Crippen LogP contribution in [0.3, 0.4) is 0 Å². The summed E-state index contributed by atoms with van der Waals surface area (Å²) in [5, 5.41) is 1.01. The molecule has 0 aromatic heterocycles. The molecule has 2 atom stereocenters. The monoisotopic (exact) mass is 430 g/mol. The topological polar surface area (TPSA) is 59.1 Å². The second-order valence-corrected chi connectivity index (χ2v) is 10.4. The zero-order valence-electron chi connectivity index (χ0n) is 17.6. The third-order valence-corrected chi connectivity index (χ3v) is 8.50. The van der Waals surface area contributed by atoms with Crippen LogP contribution in [0.15, 0.2) is 54.6 Å². The number of hydrogen-bond acceptors (Lipinski definition) is 5. The third-order valence-electron chi connectivity index (χ3n) is 6.24. The fraction of sp³-hybridized carbons (Fsp3) is 0.478. The Balaban J connectivity index is 1.58. The summed E-state index contributed by atoms with van der Waals surface area (Å²) in [6, 6.07) is 16.9. The summed E-state index contributed by atoms with van der Waals surface area (Å²) in [6.07, 6.45) is 5.24. The van der Waals surface area contributed by atoms with Gasteiger partial charge in [0.25, 0.3) is 0 Å². The fourth-order valence-corrected chi connectivity index (χ4v) is 6.46. The van der Waals surface area contributed by atoms with E-state index in [1.54, 1.807) is 23.5 Å². The zero-order valence-corrected chi connectivity index (χ0v) is 18.4. The van der Waals surface area contributed by atoms with Gasteiger partial charge in [0, 0.05) is 20.1 Å². The van der Waals surface area contributed by atoms with E-state index in [-0.39, 0.29) is 18.7 Å². The van der Waals surface area contributed by atoms with Gasteiger partial charge in [-0.15, -0.1) is 0 Å². The molecule has 1 heterocycles. The molecule has 0 N–H and O–H groups in total. The molecular weight excluding hydrogens is 400 g/mol. The quantitative estimate of drug-likeness (QED) is 0.682. The van der Waals surface area contributed by atoms with Crippen LogP contribution in [0.5, 0.6) is 11.5 Å². The maximum atomic E-state index is 13.5. The molecule has 6 nitrogen and oxygen atoms in total. The van der Waals surface area contributed by atoms with Gasteiger partial charge in [0.05, 0.1) is 12.6 Å². The van der Waals surface area contributed by atoms with Crippen molar-refractivity contribution in [3.63, 3.8) is 0 Å². The first kappa shape index (κ1) is 21.3. The Morgan fingerprint density at radius 3 is 2.43 bits per heavy atom. The molecule has 4 rings (SSSR count). The number of hydrogen-bond donors (Lipinski definition) is 0. The van der Waals surface area contributed by atoms with E-state index in [2.05, 4.69) is 0 Å². The van der Waals surface area contributed by atoms with Crippen molar-refractivity contribution < 1.29 is 18.0 Å². The first-order chi connectivity index (χ1) is 14.5. The largest absolute Gasteiger partial charge is 0.457 e. The van der Waals surface area contributed by atoms with E-state index in [0.717, 1.165) is 37.0 Å². The molecule has 1 aliphatic heterocycles. The molecule has 0 spiro atoms. The molecule has 0 bridgehead atoms. The van der Waals surface area contributed by atoms with E-state index in [1.165, 1.54) is 6.42 Å². The Morgan fingerprint density at radius 2 is 1.70 bits per heavy atom. The molecule has 162 valence electrons. The van der Waals surface area contributed by atoms with E-state index in [4.69, 9.17) is 9.57 Å². The number of sulfonamides is 1. The molecule has 7 heteroatoms. The van der Waals surface area contributed by atoms with Gasteiger partial charge in [-0.25, -0.2) is 12.7 Å². The Morgan fingerprint density at radius 1 is 1.00 bits per heavy atom. The van der Waals surface area contributed by atoms with Gasteiger partial charge in [-0.05, 0) is 42.7 Å². The van der Waals surface area contributed by atoms with Crippen LogP contribution in [0.2, 0.25) is 0 Å². The van der Waals surface area contributed by atoms with E-state index >= 15 is 0 Å². The third kappa shape index (κ3) is 4.39. The van der Waals surface area contributed by atoms with Gasteiger partial charge in [0.2, 0.25) is 10.0 Å². The van der Waals surface area contributed by atoms with Crippen molar-refractivity contribution in [2.24, 2.45) is 0 Å². The van der Waals surface area contributed by atoms with Crippen molar-refractivity contribution in [1.82, 2.24) is 9.37 Å². The van der Waals surface area contributed by atoms with Gasteiger partial charge in [-0.2, -0.15) is 5.06 Å². The van der Waals surface area contributed by atoms with Gasteiger partial charge in [0.1, 0.15) is 16.7 Å². The van der Waals surface area contributed by atoms with Crippen LogP contribution in [0, 0.1) is 0 Å². The minimum atomic E-state index is -3.51. The second-order valence-electron chi connectivity index (χ2n) is 8.17. The van der Waals surface area contributed by atoms with Crippen molar-refractivity contribution in [3.05, 3.63) is 60.2 Å². The molecule has 1 saturated heterocycles. The number of rotatable bonds is 6. The predicted octanol–water partition coefficient (Wildman–Crippen LogP) is 4.36. The number of ether oxygens (including phenoxy) is 1. The first-order valence-electron chi connectivity index (χ1n) is 10.6. The first-order valence-corrected chi connectivity index (χ1v) is 12.1. The average Bonchev–Trinajstić information content (AvgIpc) is 3.17. The Labute approximate surface area is 179 Å². The highest BCUT2D eigenvalue weighted by molar-refractivity contribution is 7.89. The Kier molecular flexibility index (Phi) is 6.43. The number of hydroxylamine groups is 2. The lowest BCUT2D eigenvalue weighted by atomic mass is 9.96. The summed E-state index contributed by atoms with van der Waals surface area (Å²) >= 11 is 0. The van der Waals surface area contributed by atoms with E-state index in [0.29, 0.717) is 5.75 Å². The van der Waals surface area contributed by atoms with Crippen LogP contribution < -0.4 is 4.74 Å². The summed E-state index contributed by atoms with van der Waals surface area (Å²) < 4.78 is 34.6. The predicted molar refractivity (Wildman–Crippen MR) is 117 cm³/mol. The van der Waals surface area contributed by atoms with Gasteiger partial charge in [0.15, 0.2) is 0 Å². The zero-order chi connectivity index (χ0) is 21.1. The maximum absolute atomic E-state index is 13.5. The lowest BCUT2D eigenvalue weighted by Gasteiger charge is -2.33. The van der Waals surface area contributed by atoms with E-state index in [1.807, 2.05) is 54.6 Å². The second kappa shape index (κ2) is 9.06. The van der Waals surface area contributed by atoms with E-state index < -0.39 is 15.3 Å². The normalized spacial score (nSPS) is 23.7. The van der Waals surface area contributed by atoms with Gasteiger partial charge < -0.3 is 4.74 Å². The fourth-order valence-electron chi connectivity index (χ4n) is 4.52. The molecular formula is C23H30N2O4S. The van der Waals surface area contributed by atoms with Crippen LogP contribution >= 0.6 is 0 Å². The SMILES string of the molecule is CN1OC[C@H](S(=O)(=O)N(C)C2CCCCC2)[C@@H]1c1cccc(Oc2ccccc2)c1. The van der Waals surface area contributed by atoms with Crippen molar-refractivity contribution in [3.8, 4) is 11.5 Å². The van der Waals surface area contributed by atoms with Crippen LogP contribution in [-0.2, 0) is 14.9 Å². The molecule has 0 amide bonds. The number of benzene rings is 2. The summed E-state index contributed by atoms with van der Waals surface area (Å²) in [6.45, 7) is 0.157. The lowest BCUT2D eigenvalue weighted by Crippen LogP contribution is -2.45. The smallest absolute Gasteiger partial charge is 0.221 e. The lowest BCUT2D eigenvalue weighted by molar-refractivity contribution is -0.110. The van der Waals surface area contributed by atoms with Crippen LogP contribution in [0.4, 0.5) is 0 Å². The molecule has 2 aromatic rings. The number of para-hydroxylation sites is 1. The molecule has 0 unspecified atom stereocenters. The highest BCUT2D eigenvalue weighted by Gasteiger charge is 2.46. The average molecular weight is 431 g/mol. The minimum absolute atomic E-state index is 0.0862. The molecule has 30 heavy (non-hydrogen) atoms. The van der Waals surface area contributed by atoms with Gasteiger partial charge >= 0.3 is 0 Å². The Bertz CT molecular complexity index is 945. The summed E-state index contributed by atoms with van der Waals surface area (Å²) in [5.74, 6) is 1.42. The van der Waals surface area contributed by atoms with Crippen LogP contribution in [0.25, 0.3) is 0 Å². The number of nitrogens with zero attached hydrogens (tertiary/aromatic N) is 2. The van der Waals surface area contributed by atoms with Gasteiger partial charge in [-0.3, -0.25) is 4.84 Å². The van der Waals surface area contributed by atoms with Crippen molar-refractivity contribution in [1.29, 1.82) is 0 Å². The Hall–Kier alpha value is -1.93. The molecule has 1 aliphatic carbocycles. The molecule has 0 radical (unpaired) electrons.